The van der Waals surface area contributed by atoms with Gasteiger partial charge in [-0.05, 0) is 61.7 Å². The molecule has 0 saturated heterocycles. The minimum Gasteiger partial charge on any atom is -0.481 e. The van der Waals surface area contributed by atoms with Gasteiger partial charge in [-0.15, -0.1) is 0 Å². The van der Waals surface area contributed by atoms with Crippen molar-refractivity contribution in [3.05, 3.63) is 24.3 Å². The van der Waals surface area contributed by atoms with Crippen molar-refractivity contribution >= 4 is 5.97 Å². The number of aliphatic carboxylic acids is 1. The van der Waals surface area contributed by atoms with Crippen LogP contribution >= 0.6 is 0 Å². The maximum absolute atomic E-state index is 11.1. The lowest BCUT2D eigenvalue weighted by Gasteiger charge is -2.57. The normalized spacial score (nSPS) is 41.8. The predicted molar refractivity (Wildman–Crippen MR) is 87.0 cm³/mol. The number of hydrogen-bond donors (Lipinski definition) is 1. The minimum atomic E-state index is -0.742. The molecule has 0 spiro atoms. The van der Waals surface area contributed by atoms with E-state index in [1.807, 2.05) is 6.08 Å². The van der Waals surface area contributed by atoms with Gasteiger partial charge in [-0.2, -0.15) is 0 Å². The van der Waals surface area contributed by atoms with Crippen LogP contribution in [0.15, 0.2) is 24.3 Å². The van der Waals surface area contributed by atoms with Crippen LogP contribution in [0.2, 0.25) is 0 Å². The maximum Gasteiger partial charge on any atom is 0.310 e. The van der Waals surface area contributed by atoms with Crippen molar-refractivity contribution in [2.45, 2.75) is 59.8 Å². The number of carbonyl (C=O) groups is 1. The first-order chi connectivity index (χ1) is 9.71. The van der Waals surface area contributed by atoms with E-state index in [-0.39, 0.29) is 10.8 Å². The van der Waals surface area contributed by atoms with E-state index in [0.29, 0.717) is 11.8 Å². The summed E-state index contributed by atoms with van der Waals surface area (Å²) in [6.45, 7) is 13.2. The summed E-state index contributed by atoms with van der Waals surface area (Å²) in [5.74, 6) is 0.0362. The third-order valence-corrected chi connectivity index (χ3v) is 6.59. The molecule has 0 heterocycles. The number of allylic oxidation sites excluding steroid dienone is 2. The van der Waals surface area contributed by atoms with E-state index < -0.39 is 11.9 Å². The number of fused-ring (bicyclic) bond motifs is 1. The van der Waals surface area contributed by atoms with Gasteiger partial charge in [0.25, 0.3) is 0 Å². The molecule has 2 nitrogen and oxygen atoms in total. The third kappa shape index (κ3) is 2.69. The first-order valence-electron chi connectivity index (χ1n) is 8.32. The fourth-order valence-corrected chi connectivity index (χ4v) is 4.60. The van der Waals surface area contributed by atoms with Gasteiger partial charge in [0, 0.05) is 0 Å². The molecule has 0 aliphatic heterocycles. The van der Waals surface area contributed by atoms with Gasteiger partial charge in [-0.1, -0.05) is 45.1 Å². The molecule has 21 heavy (non-hydrogen) atoms. The third-order valence-electron chi connectivity index (χ3n) is 6.59. The Morgan fingerprint density at radius 2 is 2.10 bits per heavy atom. The first-order valence-corrected chi connectivity index (χ1v) is 8.32. The molecule has 2 aliphatic rings. The lowest BCUT2D eigenvalue weighted by atomic mass is 9.47. The second kappa shape index (κ2) is 5.62. The largest absolute Gasteiger partial charge is 0.481 e. The van der Waals surface area contributed by atoms with Crippen LogP contribution in [0.5, 0.6) is 0 Å². The molecule has 118 valence electrons. The molecule has 0 radical (unpaired) electrons. The molecule has 0 aromatic heterocycles. The van der Waals surface area contributed by atoms with E-state index in [1.54, 1.807) is 6.92 Å². The average Bonchev–Trinajstić information content (AvgIpc) is 2.43. The van der Waals surface area contributed by atoms with Gasteiger partial charge >= 0.3 is 5.97 Å². The summed E-state index contributed by atoms with van der Waals surface area (Å²) in [5, 5.41) is 9.12. The Labute approximate surface area is 129 Å². The van der Waals surface area contributed by atoms with Crippen LogP contribution in [0.3, 0.4) is 0 Å². The Bertz CT molecular complexity index is 464. The zero-order valence-electron chi connectivity index (χ0n) is 14.0. The summed E-state index contributed by atoms with van der Waals surface area (Å²) in [5.41, 5.74) is 1.73. The Morgan fingerprint density at radius 1 is 1.43 bits per heavy atom. The summed E-state index contributed by atoms with van der Waals surface area (Å²) in [7, 11) is 0. The predicted octanol–water partition coefficient (Wildman–Crippen LogP) is 5.06. The molecule has 5 atom stereocenters. The fraction of sp³-hybridized carbons (Fsp3) is 0.737. The Morgan fingerprint density at radius 3 is 2.71 bits per heavy atom. The topological polar surface area (TPSA) is 37.3 Å². The second-order valence-corrected chi connectivity index (χ2v) is 7.76. The van der Waals surface area contributed by atoms with Crippen LogP contribution in [0, 0.1) is 28.6 Å². The molecule has 0 amide bonds. The van der Waals surface area contributed by atoms with Gasteiger partial charge in [0.15, 0.2) is 0 Å². The van der Waals surface area contributed by atoms with Gasteiger partial charge < -0.3 is 5.11 Å². The molecule has 1 N–H and O–H groups in total. The van der Waals surface area contributed by atoms with Gasteiger partial charge in [-0.25, -0.2) is 0 Å². The molecule has 2 heteroatoms. The summed E-state index contributed by atoms with van der Waals surface area (Å²) < 4.78 is 0. The van der Waals surface area contributed by atoms with Crippen molar-refractivity contribution in [1.29, 1.82) is 0 Å². The standard InChI is InChI=1S/C19H30O2/c1-13(17(20)21)9-11-18(4)15(3)10-12-19(5)14(2)7-6-8-16(18)19/h9,11,13,15-16H,2,6-8,10,12H2,1,3-5H3,(H,20,21)/b11-9+/t13-,15-,16-,18+,19-/m0/s1. The van der Waals surface area contributed by atoms with E-state index in [2.05, 4.69) is 33.4 Å². The highest BCUT2D eigenvalue weighted by Crippen LogP contribution is 2.61. The van der Waals surface area contributed by atoms with Crippen molar-refractivity contribution in [3.8, 4) is 0 Å². The number of rotatable bonds is 3. The Hall–Kier alpha value is -1.05. The fourth-order valence-electron chi connectivity index (χ4n) is 4.60. The maximum atomic E-state index is 11.1. The van der Waals surface area contributed by atoms with Gasteiger partial charge in [0.1, 0.15) is 0 Å². The van der Waals surface area contributed by atoms with Gasteiger partial charge in [0.2, 0.25) is 0 Å². The number of carboxylic acid groups (broad SMARTS) is 1. The van der Waals surface area contributed by atoms with Crippen molar-refractivity contribution in [1.82, 2.24) is 0 Å². The highest BCUT2D eigenvalue weighted by atomic mass is 16.4. The van der Waals surface area contributed by atoms with E-state index in [0.717, 1.165) is 6.42 Å². The van der Waals surface area contributed by atoms with Crippen molar-refractivity contribution in [2.75, 3.05) is 0 Å². The van der Waals surface area contributed by atoms with E-state index in [9.17, 15) is 4.79 Å². The van der Waals surface area contributed by atoms with Crippen molar-refractivity contribution in [2.24, 2.45) is 28.6 Å². The molecular weight excluding hydrogens is 260 g/mol. The Balaban J connectivity index is 2.34. The highest BCUT2D eigenvalue weighted by Gasteiger charge is 2.52. The molecule has 2 saturated carbocycles. The minimum absolute atomic E-state index is 0.0834. The van der Waals surface area contributed by atoms with Crippen LogP contribution in [-0.4, -0.2) is 11.1 Å². The molecule has 0 aromatic rings. The van der Waals surface area contributed by atoms with E-state index in [1.165, 1.54) is 31.3 Å². The number of hydrogen-bond acceptors (Lipinski definition) is 1. The molecule has 0 bridgehead atoms. The molecule has 0 unspecified atom stereocenters. The average molecular weight is 290 g/mol. The lowest BCUT2D eigenvalue weighted by molar-refractivity contribution is -0.139. The molecule has 2 aliphatic carbocycles. The van der Waals surface area contributed by atoms with Crippen molar-refractivity contribution in [3.63, 3.8) is 0 Å². The van der Waals surface area contributed by atoms with E-state index in [4.69, 9.17) is 5.11 Å². The quantitative estimate of drug-likeness (QED) is 0.737. The second-order valence-electron chi connectivity index (χ2n) is 7.76. The van der Waals surface area contributed by atoms with Crippen molar-refractivity contribution < 1.29 is 9.90 Å². The van der Waals surface area contributed by atoms with E-state index >= 15 is 0 Å². The molecule has 2 fully saturated rings. The molecular formula is C19H30O2. The number of carboxylic acids is 1. The van der Waals surface area contributed by atoms with Crippen LogP contribution in [0.4, 0.5) is 0 Å². The summed E-state index contributed by atoms with van der Waals surface area (Å²) in [4.78, 5) is 11.1. The van der Waals surface area contributed by atoms with Crippen LogP contribution in [-0.2, 0) is 4.79 Å². The smallest absolute Gasteiger partial charge is 0.310 e. The van der Waals surface area contributed by atoms with Crippen LogP contribution in [0.1, 0.15) is 59.8 Å². The molecule has 0 aromatic carbocycles. The highest BCUT2D eigenvalue weighted by molar-refractivity contribution is 5.71. The van der Waals surface area contributed by atoms with Gasteiger partial charge in [0.05, 0.1) is 5.92 Å². The zero-order chi connectivity index (χ0) is 15.8. The van der Waals surface area contributed by atoms with Crippen LogP contribution < -0.4 is 0 Å². The van der Waals surface area contributed by atoms with Crippen LogP contribution in [0.25, 0.3) is 0 Å². The lowest BCUT2D eigenvalue weighted by Crippen LogP contribution is -2.49. The molecule has 2 rings (SSSR count). The summed E-state index contributed by atoms with van der Waals surface area (Å²) >= 11 is 0. The SMILES string of the molecule is C=C1CCC[C@H]2[C@](C)(/C=C/[C@H](C)C(=O)O)[C@@H](C)CC[C@@]12C. The summed E-state index contributed by atoms with van der Waals surface area (Å²) in [6, 6.07) is 0. The first kappa shape index (κ1) is 16.3. The summed E-state index contributed by atoms with van der Waals surface area (Å²) in [6.07, 6.45) is 10.2. The Kier molecular flexibility index (Phi) is 4.37. The zero-order valence-corrected chi connectivity index (χ0v) is 14.0. The van der Waals surface area contributed by atoms with Gasteiger partial charge in [-0.3, -0.25) is 4.79 Å². The monoisotopic (exact) mass is 290 g/mol.